The van der Waals surface area contributed by atoms with Gasteiger partial charge < -0.3 is 0 Å². The van der Waals surface area contributed by atoms with Crippen molar-refractivity contribution in [2.24, 2.45) is 0 Å². The van der Waals surface area contributed by atoms with Crippen LogP contribution in [0.2, 0.25) is 0 Å². The fraction of sp³-hybridized carbons (Fsp3) is 0.400. The molecule has 3 heteroatoms. The van der Waals surface area contributed by atoms with Crippen LogP contribution in [0.3, 0.4) is 0 Å². The number of fused-ring (bicyclic) bond motifs is 1. The van der Waals surface area contributed by atoms with Gasteiger partial charge >= 0.3 is 0 Å². The number of hydrogen-bond acceptors (Lipinski definition) is 3. The number of aromatic nitrogens is 2. The molecule has 0 saturated carbocycles. The molecule has 68 valence electrons. The highest BCUT2D eigenvalue weighted by Gasteiger charge is 2.09. The first kappa shape index (κ1) is 8.63. The Bertz CT molecular complexity index is 471. The molecule has 0 aliphatic heterocycles. The van der Waals surface area contributed by atoms with E-state index in [9.17, 15) is 0 Å². The Balaban J connectivity index is 2.97. The molecular weight excluding hydrogens is 180 g/mol. The lowest BCUT2D eigenvalue weighted by Crippen LogP contribution is -1.91. The topological polar surface area (TPSA) is 25.8 Å². The molecule has 2 aromatic heterocycles. The first-order valence-corrected chi connectivity index (χ1v) is 5.12. The summed E-state index contributed by atoms with van der Waals surface area (Å²) < 4.78 is 0. The van der Waals surface area contributed by atoms with Gasteiger partial charge in [-0.25, -0.2) is 9.97 Å². The molecular formula is C10H12N2S. The van der Waals surface area contributed by atoms with Crippen LogP contribution in [0.1, 0.15) is 21.3 Å². The SMILES string of the molecule is Cc1nc(C)c2c(C)sc(C)c2n1. The van der Waals surface area contributed by atoms with Crippen LogP contribution in [0.4, 0.5) is 0 Å². The molecule has 0 amide bonds. The molecule has 13 heavy (non-hydrogen) atoms. The van der Waals surface area contributed by atoms with Gasteiger partial charge in [0.15, 0.2) is 0 Å². The average molecular weight is 192 g/mol. The van der Waals surface area contributed by atoms with E-state index in [0.717, 1.165) is 17.0 Å². The molecule has 0 atom stereocenters. The first-order valence-electron chi connectivity index (χ1n) is 4.30. The van der Waals surface area contributed by atoms with Crippen molar-refractivity contribution in [3.05, 3.63) is 21.3 Å². The number of aryl methyl sites for hydroxylation is 4. The van der Waals surface area contributed by atoms with Gasteiger partial charge in [0.2, 0.25) is 0 Å². The Morgan fingerprint density at radius 3 is 2.31 bits per heavy atom. The Hall–Kier alpha value is -0.960. The molecule has 0 fully saturated rings. The monoisotopic (exact) mass is 192 g/mol. The summed E-state index contributed by atoms with van der Waals surface area (Å²) in [5, 5.41) is 1.24. The normalized spacial score (nSPS) is 11.1. The van der Waals surface area contributed by atoms with E-state index in [1.54, 1.807) is 11.3 Å². The molecule has 0 N–H and O–H groups in total. The molecule has 0 radical (unpaired) electrons. The number of hydrogen-bond donors (Lipinski definition) is 0. The van der Waals surface area contributed by atoms with Crippen molar-refractivity contribution in [3.8, 4) is 0 Å². The van der Waals surface area contributed by atoms with E-state index < -0.39 is 0 Å². The minimum absolute atomic E-state index is 0.867. The van der Waals surface area contributed by atoms with Gasteiger partial charge in [0, 0.05) is 20.8 Å². The van der Waals surface area contributed by atoms with Crippen molar-refractivity contribution in [1.29, 1.82) is 0 Å². The molecule has 0 saturated heterocycles. The van der Waals surface area contributed by atoms with Crippen LogP contribution in [0, 0.1) is 27.7 Å². The van der Waals surface area contributed by atoms with Crippen LogP contribution >= 0.6 is 11.3 Å². The number of nitrogens with zero attached hydrogens (tertiary/aromatic N) is 2. The van der Waals surface area contributed by atoms with Gasteiger partial charge in [0.25, 0.3) is 0 Å². The van der Waals surface area contributed by atoms with Gasteiger partial charge in [-0.05, 0) is 27.7 Å². The van der Waals surface area contributed by atoms with Crippen LogP contribution in [-0.4, -0.2) is 9.97 Å². The minimum Gasteiger partial charge on any atom is -0.238 e. The third-order valence-corrected chi connectivity index (χ3v) is 3.20. The predicted octanol–water partition coefficient (Wildman–Crippen LogP) is 2.92. The van der Waals surface area contributed by atoms with Gasteiger partial charge in [0.05, 0.1) is 5.52 Å². The summed E-state index contributed by atoms with van der Waals surface area (Å²) in [7, 11) is 0. The standard InChI is InChI=1S/C10H12N2S/c1-5-9-6(2)13-7(3)10(9)12-8(4)11-5/h1-4H3. The zero-order valence-corrected chi connectivity index (χ0v) is 9.12. The van der Waals surface area contributed by atoms with E-state index in [-0.39, 0.29) is 0 Å². The fourth-order valence-corrected chi connectivity index (χ4v) is 2.77. The second kappa shape index (κ2) is 2.77. The van der Waals surface area contributed by atoms with E-state index in [1.165, 1.54) is 15.1 Å². The Morgan fingerprint density at radius 2 is 1.62 bits per heavy atom. The largest absolute Gasteiger partial charge is 0.238 e. The lowest BCUT2D eigenvalue weighted by atomic mass is 10.2. The van der Waals surface area contributed by atoms with Crippen molar-refractivity contribution < 1.29 is 0 Å². The minimum atomic E-state index is 0.867. The van der Waals surface area contributed by atoms with Crippen molar-refractivity contribution in [3.63, 3.8) is 0 Å². The summed E-state index contributed by atoms with van der Waals surface area (Å²) in [6.45, 7) is 8.24. The summed E-state index contributed by atoms with van der Waals surface area (Å²) in [5.41, 5.74) is 2.23. The summed E-state index contributed by atoms with van der Waals surface area (Å²) in [5.74, 6) is 0.867. The van der Waals surface area contributed by atoms with Crippen molar-refractivity contribution >= 4 is 22.2 Å². The van der Waals surface area contributed by atoms with E-state index in [0.29, 0.717) is 0 Å². The Morgan fingerprint density at radius 1 is 0.923 bits per heavy atom. The summed E-state index contributed by atoms with van der Waals surface area (Å²) in [6, 6.07) is 0. The zero-order chi connectivity index (χ0) is 9.59. The summed E-state index contributed by atoms with van der Waals surface area (Å²) in [4.78, 5) is 11.4. The van der Waals surface area contributed by atoms with E-state index >= 15 is 0 Å². The zero-order valence-electron chi connectivity index (χ0n) is 8.30. The van der Waals surface area contributed by atoms with Gasteiger partial charge in [0.1, 0.15) is 5.82 Å². The van der Waals surface area contributed by atoms with E-state index in [2.05, 4.69) is 30.7 Å². The second-order valence-electron chi connectivity index (χ2n) is 3.29. The molecule has 2 heterocycles. The predicted molar refractivity (Wildman–Crippen MR) is 56.4 cm³/mol. The highest BCUT2D eigenvalue weighted by atomic mass is 32.1. The van der Waals surface area contributed by atoms with Crippen LogP contribution in [0.25, 0.3) is 10.9 Å². The highest BCUT2D eigenvalue weighted by Crippen LogP contribution is 2.29. The van der Waals surface area contributed by atoms with Crippen molar-refractivity contribution in [1.82, 2.24) is 9.97 Å². The van der Waals surface area contributed by atoms with Gasteiger partial charge in [-0.2, -0.15) is 0 Å². The van der Waals surface area contributed by atoms with Crippen molar-refractivity contribution in [2.45, 2.75) is 27.7 Å². The van der Waals surface area contributed by atoms with Gasteiger partial charge in [-0.15, -0.1) is 11.3 Å². The maximum Gasteiger partial charge on any atom is 0.126 e. The molecule has 0 unspecified atom stereocenters. The quantitative estimate of drug-likeness (QED) is 0.641. The van der Waals surface area contributed by atoms with Gasteiger partial charge in [-0.3, -0.25) is 0 Å². The lowest BCUT2D eigenvalue weighted by molar-refractivity contribution is 1.05. The molecule has 0 bridgehead atoms. The number of rotatable bonds is 0. The molecule has 2 rings (SSSR count). The van der Waals surface area contributed by atoms with E-state index in [4.69, 9.17) is 0 Å². The Kier molecular flexibility index (Phi) is 1.84. The maximum absolute atomic E-state index is 4.46. The van der Waals surface area contributed by atoms with Gasteiger partial charge in [-0.1, -0.05) is 0 Å². The first-order chi connectivity index (χ1) is 6.09. The molecule has 0 aromatic carbocycles. The highest BCUT2D eigenvalue weighted by molar-refractivity contribution is 7.13. The maximum atomic E-state index is 4.46. The lowest BCUT2D eigenvalue weighted by Gasteiger charge is -1.98. The summed E-state index contributed by atoms with van der Waals surface area (Å²) in [6.07, 6.45) is 0. The molecule has 0 aliphatic carbocycles. The smallest absolute Gasteiger partial charge is 0.126 e. The number of thiophene rings is 1. The third kappa shape index (κ3) is 1.23. The van der Waals surface area contributed by atoms with Crippen LogP contribution < -0.4 is 0 Å². The van der Waals surface area contributed by atoms with Crippen molar-refractivity contribution in [2.75, 3.05) is 0 Å². The molecule has 2 aromatic rings. The summed E-state index contributed by atoms with van der Waals surface area (Å²) >= 11 is 1.80. The van der Waals surface area contributed by atoms with Crippen LogP contribution in [0.5, 0.6) is 0 Å². The second-order valence-corrected chi connectivity index (χ2v) is 4.72. The molecule has 0 aliphatic rings. The fourth-order valence-electron chi connectivity index (χ4n) is 1.72. The molecule has 2 nitrogen and oxygen atoms in total. The van der Waals surface area contributed by atoms with Crippen LogP contribution in [-0.2, 0) is 0 Å². The average Bonchev–Trinajstić information content (AvgIpc) is 2.27. The Labute approximate surface area is 81.7 Å². The van der Waals surface area contributed by atoms with Crippen LogP contribution in [0.15, 0.2) is 0 Å². The third-order valence-electron chi connectivity index (χ3n) is 2.19. The van der Waals surface area contributed by atoms with E-state index in [1.807, 2.05) is 6.92 Å². The molecule has 0 spiro atoms.